The van der Waals surface area contributed by atoms with Gasteiger partial charge in [0.05, 0.1) is 43.7 Å². The molecule has 11 nitrogen and oxygen atoms in total. The fourth-order valence-corrected chi connectivity index (χ4v) is 4.82. The van der Waals surface area contributed by atoms with Gasteiger partial charge in [0.1, 0.15) is 17.5 Å². The number of fused-ring (bicyclic) bond motifs is 1. The van der Waals surface area contributed by atoms with Crippen LogP contribution in [0.25, 0.3) is 0 Å². The Labute approximate surface area is 213 Å². The average molecular weight is 509 g/mol. The normalized spacial score (nSPS) is 20.1. The molecule has 0 aliphatic carbocycles. The van der Waals surface area contributed by atoms with Crippen LogP contribution in [0, 0.1) is 0 Å². The van der Waals surface area contributed by atoms with E-state index in [1.54, 1.807) is 37.4 Å². The minimum absolute atomic E-state index is 0.0503. The van der Waals surface area contributed by atoms with Crippen LogP contribution in [0.15, 0.2) is 42.5 Å². The molecule has 11 heteroatoms. The van der Waals surface area contributed by atoms with Crippen molar-refractivity contribution in [2.24, 2.45) is 0 Å². The van der Waals surface area contributed by atoms with E-state index < -0.39 is 29.7 Å². The number of hydrogen-bond acceptors (Lipinski definition) is 9. The second-order valence-corrected chi connectivity index (χ2v) is 8.90. The summed E-state index contributed by atoms with van der Waals surface area (Å²) >= 11 is 0. The Morgan fingerprint density at radius 2 is 1.76 bits per heavy atom. The second kappa shape index (κ2) is 10.7. The lowest BCUT2D eigenvalue weighted by Crippen LogP contribution is -2.54. The number of carbonyl (C=O) groups is 4. The zero-order chi connectivity index (χ0) is 25.9. The number of rotatable bonds is 8. The summed E-state index contributed by atoms with van der Waals surface area (Å²) in [7, 11) is 1.54. The van der Waals surface area contributed by atoms with Gasteiger partial charge in [-0.1, -0.05) is 18.2 Å². The third-order valence-electron chi connectivity index (χ3n) is 6.70. The number of carbonyl (C=O) groups excluding carboxylic acids is 4. The van der Waals surface area contributed by atoms with E-state index in [4.69, 9.17) is 14.3 Å². The van der Waals surface area contributed by atoms with Crippen molar-refractivity contribution in [3.8, 4) is 5.75 Å². The lowest BCUT2D eigenvalue weighted by atomic mass is 10.0. The highest BCUT2D eigenvalue weighted by Gasteiger charge is 2.46. The van der Waals surface area contributed by atoms with Gasteiger partial charge >= 0.3 is 0 Å². The summed E-state index contributed by atoms with van der Waals surface area (Å²) in [5.74, 6) is -1.75. The Bertz CT molecular complexity index is 1230. The van der Waals surface area contributed by atoms with Crippen LogP contribution in [-0.4, -0.2) is 86.0 Å². The second-order valence-electron chi connectivity index (χ2n) is 8.90. The molecule has 3 heterocycles. The molecule has 194 valence electrons. The van der Waals surface area contributed by atoms with Gasteiger partial charge in [-0.05, 0) is 30.7 Å². The van der Waals surface area contributed by atoms with E-state index in [0.717, 1.165) is 18.0 Å². The molecule has 3 aliphatic heterocycles. The van der Waals surface area contributed by atoms with Crippen LogP contribution in [0.2, 0.25) is 0 Å². The molecule has 0 bridgehead atoms. The number of nitrogens with zero attached hydrogens (tertiary/aromatic N) is 3. The maximum absolute atomic E-state index is 13.7. The first-order valence-corrected chi connectivity index (χ1v) is 12.2. The van der Waals surface area contributed by atoms with Crippen LogP contribution in [0.4, 0.5) is 11.4 Å². The first kappa shape index (κ1) is 24.9. The molecule has 1 N–H and O–H groups in total. The summed E-state index contributed by atoms with van der Waals surface area (Å²) in [4.78, 5) is 60.5. The van der Waals surface area contributed by atoms with Gasteiger partial charge in [-0.2, -0.15) is 0 Å². The van der Waals surface area contributed by atoms with Crippen molar-refractivity contribution in [2.75, 3.05) is 51.6 Å². The summed E-state index contributed by atoms with van der Waals surface area (Å²) in [6.45, 7) is 3.86. The number of ether oxygens (including phenoxy) is 2. The van der Waals surface area contributed by atoms with Crippen molar-refractivity contribution in [3.63, 3.8) is 0 Å². The average Bonchev–Trinajstić information content (AvgIpc) is 3.17. The van der Waals surface area contributed by atoms with Crippen molar-refractivity contribution in [2.45, 2.75) is 18.9 Å². The van der Waals surface area contributed by atoms with Crippen molar-refractivity contribution in [1.29, 1.82) is 0 Å². The largest absolute Gasteiger partial charge is 0.494 e. The van der Waals surface area contributed by atoms with Gasteiger partial charge in [0, 0.05) is 26.1 Å². The summed E-state index contributed by atoms with van der Waals surface area (Å²) in [6, 6.07) is 11.1. The zero-order valence-electron chi connectivity index (χ0n) is 20.5. The minimum Gasteiger partial charge on any atom is -0.494 e. The van der Waals surface area contributed by atoms with Crippen LogP contribution in [0.5, 0.6) is 5.75 Å². The molecule has 0 radical (unpaired) electrons. The van der Waals surface area contributed by atoms with Crippen LogP contribution < -0.4 is 15.1 Å². The lowest BCUT2D eigenvalue weighted by molar-refractivity contribution is -0.136. The van der Waals surface area contributed by atoms with Gasteiger partial charge in [0.2, 0.25) is 11.8 Å². The number of amides is 4. The van der Waals surface area contributed by atoms with E-state index >= 15 is 0 Å². The third-order valence-corrected chi connectivity index (χ3v) is 6.70. The summed E-state index contributed by atoms with van der Waals surface area (Å²) in [6.07, 6.45) is 0.131. The number of imide groups is 2. The smallest absolute Gasteiger partial charge is 0.264 e. The monoisotopic (exact) mass is 508 g/mol. The summed E-state index contributed by atoms with van der Waals surface area (Å²) in [5.41, 5.74) is 1.22. The number of piperidine rings is 1. The molecule has 4 amide bonds. The van der Waals surface area contributed by atoms with Crippen molar-refractivity contribution in [3.05, 3.63) is 53.6 Å². The third kappa shape index (κ3) is 4.80. The SMILES string of the molecule is COc1ccccc1N(OCCN1CCOCC1)c1cccc2c1C(=O)N(C1CCC(=O)NC1=O)C2=O. The topological polar surface area (TPSA) is 118 Å². The van der Waals surface area contributed by atoms with Crippen LogP contribution in [0.3, 0.4) is 0 Å². The number of hydrogen-bond donors (Lipinski definition) is 1. The predicted molar refractivity (Wildman–Crippen MR) is 131 cm³/mol. The molecule has 5 rings (SSSR count). The first-order chi connectivity index (χ1) is 18.0. The Morgan fingerprint density at radius 1 is 1.00 bits per heavy atom. The molecule has 0 saturated carbocycles. The first-order valence-electron chi connectivity index (χ1n) is 12.2. The molecule has 37 heavy (non-hydrogen) atoms. The molecular weight excluding hydrogens is 480 g/mol. The highest BCUT2D eigenvalue weighted by atomic mass is 16.7. The Hall–Kier alpha value is -3.80. The fourth-order valence-electron chi connectivity index (χ4n) is 4.82. The van der Waals surface area contributed by atoms with Gasteiger partial charge in [-0.25, -0.2) is 5.06 Å². The molecule has 1 atom stereocenters. The fraction of sp³-hybridized carbons (Fsp3) is 0.385. The molecule has 1 unspecified atom stereocenters. The number of para-hydroxylation sites is 2. The Kier molecular flexibility index (Phi) is 7.17. The van der Waals surface area contributed by atoms with E-state index in [0.29, 0.717) is 43.5 Å². The van der Waals surface area contributed by atoms with E-state index in [1.807, 2.05) is 12.1 Å². The zero-order valence-corrected chi connectivity index (χ0v) is 20.5. The van der Waals surface area contributed by atoms with Crippen molar-refractivity contribution < 1.29 is 33.5 Å². The molecular formula is C26H28N4O7. The molecule has 2 saturated heterocycles. The number of morpholine rings is 1. The predicted octanol–water partition coefficient (Wildman–Crippen LogP) is 1.50. The molecule has 0 spiro atoms. The van der Waals surface area contributed by atoms with Gasteiger partial charge in [0.25, 0.3) is 11.8 Å². The Morgan fingerprint density at radius 3 is 2.51 bits per heavy atom. The van der Waals surface area contributed by atoms with Crippen LogP contribution in [0.1, 0.15) is 33.6 Å². The van der Waals surface area contributed by atoms with Gasteiger partial charge < -0.3 is 9.47 Å². The minimum atomic E-state index is -1.06. The highest BCUT2D eigenvalue weighted by molar-refractivity contribution is 6.25. The molecule has 3 aliphatic rings. The number of anilines is 2. The van der Waals surface area contributed by atoms with E-state index in [-0.39, 0.29) is 24.0 Å². The van der Waals surface area contributed by atoms with Crippen LogP contribution in [-0.2, 0) is 19.2 Å². The van der Waals surface area contributed by atoms with E-state index in [2.05, 4.69) is 10.2 Å². The molecule has 2 aromatic carbocycles. The molecule has 2 aromatic rings. The molecule has 2 fully saturated rings. The number of benzene rings is 2. The van der Waals surface area contributed by atoms with Crippen molar-refractivity contribution >= 4 is 35.0 Å². The Balaban J connectivity index is 1.49. The summed E-state index contributed by atoms with van der Waals surface area (Å²) in [5, 5.41) is 3.73. The highest BCUT2D eigenvalue weighted by Crippen LogP contribution is 2.40. The quantitative estimate of drug-likeness (QED) is 0.418. The number of nitrogens with one attached hydrogen (secondary N) is 1. The lowest BCUT2D eigenvalue weighted by Gasteiger charge is -2.30. The van der Waals surface area contributed by atoms with E-state index in [1.165, 1.54) is 5.06 Å². The van der Waals surface area contributed by atoms with Gasteiger partial charge in [-0.15, -0.1) is 0 Å². The van der Waals surface area contributed by atoms with Gasteiger partial charge in [0.15, 0.2) is 0 Å². The maximum Gasteiger partial charge on any atom is 0.264 e. The van der Waals surface area contributed by atoms with E-state index in [9.17, 15) is 19.2 Å². The summed E-state index contributed by atoms with van der Waals surface area (Å²) < 4.78 is 11.0. The molecule has 0 aromatic heterocycles. The maximum atomic E-state index is 13.7. The number of methoxy groups -OCH3 is 1. The standard InChI is InChI=1S/C26H28N4O7/c1-35-21-8-3-2-6-18(21)30(37-16-13-28-11-14-36-15-12-28)19-7-4-5-17-23(19)26(34)29(25(17)33)20-9-10-22(31)27-24(20)32/h2-8,20H,9-16H2,1H3,(H,27,31,32). The van der Waals surface area contributed by atoms with Crippen molar-refractivity contribution in [1.82, 2.24) is 15.1 Å². The van der Waals surface area contributed by atoms with Gasteiger partial charge in [-0.3, -0.25) is 39.1 Å². The van der Waals surface area contributed by atoms with Crippen LogP contribution >= 0.6 is 0 Å².